The summed E-state index contributed by atoms with van der Waals surface area (Å²) in [6.45, 7) is 0.142. The molecule has 0 unspecified atom stereocenters. The van der Waals surface area contributed by atoms with Crippen LogP contribution >= 0.6 is 0 Å². The van der Waals surface area contributed by atoms with Crippen LogP contribution in [-0.2, 0) is 14.3 Å². The molecule has 0 aromatic heterocycles. The summed E-state index contributed by atoms with van der Waals surface area (Å²) in [6.07, 6.45) is 3.41. The standard InChI is InChI=1S/C10H18N2O4/c11-10(3-1-2-4-10)9(15)12-5-6-16-7-8(13)14/h1-7,11H2,(H,12,15)(H,13,14). The Balaban J connectivity index is 2.13. The Labute approximate surface area is 94.1 Å². The maximum atomic E-state index is 11.7. The molecule has 0 radical (unpaired) electrons. The van der Waals surface area contributed by atoms with Crippen LogP contribution < -0.4 is 11.1 Å². The van der Waals surface area contributed by atoms with Crippen molar-refractivity contribution in [3.63, 3.8) is 0 Å². The SMILES string of the molecule is NC1(C(=O)NCCOCC(=O)O)CCCC1. The lowest BCUT2D eigenvalue weighted by Crippen LogP contribution is -2.52. The number of nitrogens with one attached hydrogen (secondary N) is 1. The van der Waals surface area contributed by atoms with Crippen molar-refractivity contribution in [3.05, 3.63) is 0 Å². The summed E-state index contributed by atoms with van der Waals surface area (Å²) in [7, 11) is 0. The average molecular weight is 230 g/mol. The lowest BCUT2D eigenvalue weighted by molar-refractivity contribution is -0.142. The summed E-state index contributed by atoms with van der Waals surface area (Å²) in [6, 6.07) is 0. The van der Waals surface area contributed by atoms with Crippen LogP contribution in [0.15, 0.2) is 0 Å². The van der Waals surface area contributed by atoms with E-state index in [9.17, 15) is 9.59 Å². The second kappa shape index (κ2) is 5.81. The Morgan fingerprint density at radius 2 is 2.00 bits per heavy atom. The van der Waals surface area contributed by atoms with Crippen molar-refractivity contribution in [2.75, 3.05) is 19.8 Å². The van der Waals surface area contributed by atoms with Gasteiger partial charge in [0.1, 0.15) is 6.61 Å². The van der Waals surface area contributed by atoms with Crippen LogP contribution in [-0.4, -0.2) is 42.3 Å². The molecule has 1 fully saturated rings. The highest BCUT2D eigenvalue weighted by atomic mass is 16.5. The first-order chi connectivity index (χ1) is 7.54. The molecule has 0 atom stereocenters. The molecular formula is C10H18N2O4. The van der Waals surface area contributed by atoms with Crippen molar-refractivity contribution in [1.82, 2.24) is 5.32 Å². The molecule has 1 saturated carbocycles. The number of carboxylic acids is 1. The van der Waals surface area contributed by atoms with Crippen LogP contribution in [0.4, 0.5) is 0 Å². The van der Waals surface area contributed by atoms with E-state index in [1.54, 1.807) is 0 Å². The van der Waals surface area contributed by atoms with E-state index >= 15 is 0 Å². The number of ether oxygens (including phenoxy) is 1. The summed E-state index contributed by atoms with van der Waals surface area (Å²) in [5.74, 6) is -1.18. The van der Waals surface area contributed by atoms with Gasteiger partial charge in [0.2, 0.25) is 5.91 Å². The van der Waals surface area contributed by atoms with E-state index in [4.69, 9.17) is 15.6 Å². The number of carboxylic acid groups (broad SMARTS) is 1. The van der Waals surface area contributed by atoms with E-state index in [0.717, 1.165) is 25.7 Å². The molecule has 4 N–H and O–H groups in total. The van der Waals surface area contributed by atoms with Crippen molar-refractivity contribution in [2.24, 2.45) is 5.73 Å². The van der Waals surface area contributed by atoms with E-state index in [1.807, 2.05) is 0 Å². The topological polar surface area (TPSA) is 102 Å². The third-order valence-corrected chi connectivity index (χ3v) is 2.71. The zero-order valence-electron chi connectivity index (χ0n) is 9.20. The number of carbonyl (C=O) groups excluding carboxylic acids is 1. The smallest absolute Gasteiger partial charge is 0.329 e. The number of rotatable bonds is 6. The lowest BCUT2D eigenvalue weighted by atomic mass is 9.98. The molecule has 1 amide bonds. The van der Waals surface area contributed by atoms with E-state index in [1.165, 1.54) is 0 Å². The molecule has 16 heavy (non-hydrogen) atoms. The summed E-state index contributed by atoms with van der Waals surface area (Å²) < 4.78 is 4.79. The van der Waals surface area contributed by atoms with Crippen molar-refractivity contribution < 1.29 is 19.4 Å². The highest BCUT2D eigenvalue weighted by Gasteiger charge is 2.36. The number of carbonyl (C=O) groups is 2. The summed E-state index contributed by atoms with van der Waals surface area (Å²) in [4.78, 5) is 21.8. The minimum Gasteiger partial charge on any atom is -0.480 e. The molecule has 0 heterocycles. The predicted octanol–water partition coefficient (Wildman–Crippen LogP) is -0.525. The molecule has 0 spiro atoms. The van der Waals surface area contributed by atoms with Gasteiger partial charge in [-0.25, -0.2) is 4.79 Å². The van der Waals surface area contributed by atoms with E-state index in [0.29, 0.717) is 6.54 Å². The molecule has 0 saturated heterocycles. The molecule has 6 heteroatoms. The highest BCUT2D eigenvalue weighted by molar-refractivity contribution is 5.86. The fourth-order valence-electron chi connectivity index (χ4n) is 1.81. The van der Waals surface area contributed by atoms with Gasteiger partial charge in [0.05, 0.1) is 12.1 Å². The minimum atomic E-state index is -1.02. The fourth-order valence-corrected chi connectivity index (χ4v) is 1.81. The zero-order valence-corrected chi connectivity index (χ0v) is 9.20. The van der Waals surface area contributed by atoms with Crippen molar-refractivity contribution in [2.45, 2.75) is 31.2 Å². The van der Waals surface area contributed by atoms with Crippen LogP contribution in [0.1, 0.15) is 25.7 Å². The van der Waals surface area contributed by atoms with Gasteiger partial charge in [0, 0.05) is 6.54 Å². The van der Waals surface area contributed by atoms with Gasteiger partial charge in [-0.15, -0.1) is 0 Å². The quantitative estimate of drug-likeness (QED) is 0.533. The molecule has 0 aliphatic heterocycles. The predicted molar refractivity (Wildman–Crippen MR) is 56.9 cm³/mol. The first-order valence-corrected chi connectivity index (χ1v) is 5.41. The minimum absolute atomic E-state index is 0.163. The number of amides is 1. The summed E-state index contributed by atoms with van der Waals surface area (Å²) >= 11 is 0. The van der Waals surface area contributed by atoms with Gasteiger partial charge < -0.3 is 20.9 Å². The molecule has 92 valence electrons. The molecule has 1 aliphatic rings. The second-order valence-corrected chi connectivity index (χ2v) is 4.07. The van der Waals surface area contributed by atoms with E-state index in [2.05, 4.69) is 5.32 Å². The maximum Gasteiger partial charge on any atom is 0.329 e. The fraction of sp³-hybridized carbons (Fsp3) is 0.800. The van der Waals surface area contributed by atoms with Crippen molar-refractivity contribution >= 4 is 11.9 Å². The van der Waals surface area contributed by atoms with Gasteiger partial charge in [-0.1, -0.05) is 12.8 Å². The third-order valence-electron chi connectivity index (χ3n) is 2.71. The first kappa shape index (κ1) is 12.9. The van der Waals surface area contributed by atoms with Crippen molar-refractivity contribution in [1.29, 1.82) is 0 Å². The van der Waals surface area contributed by atoms with Crippen LogP contribution in [0.5, 0.6) is 0 Å². The molecule has 0 aromatic rings. The van der Waals surface area contributed by atoms with E-state index in [-0.39, 0.29) is 19.1 Å². The second-order valence-electron chi connectivity index (χ2n) is 4.07. The summed E-state index contributed by atoms with van der Waals surface area (Å²) in [5.41, 5.74) is 5.19. The molecule has 1 aliphatic carbocycles. The van der Waals surface area contributed by atoms with Crippen molar-refractivity contribution in [3.8, 4) is 0 Å². The Morgan fingerprint density at radius 1 is 1.38 bits per heavy atom. The largest absolute Gasteiger partial charge is 0.480 e. The van der Waals surface area contributed by atoms with Gasteiger partial charge in [-0.3, -0.25) is 4.79 Å². The van der Waals surface area contributed by atoms with Crippen LogP contribution in [0.3, 0.4) is 0 Å². The van der Waals surface area contributed by atoms with E-state index < -0.39 is 11.5 Å². The molecular weight excluding hydrogens is 212 g/mol. The summed E-state index contributed by atoms with van der Waals surface area (Å²) in [5, 5.41) is 11.0. The highest BCUT2D eigenvalue weighted by Crippen LogP contribution is 2.26. The third kappa shape index (κ3) is 3.79. The van der Waals surface area contributed by atoms with Crippen LogP contribution in [0.2, 0.25) is 0 Å². The Morgan fingerprint density at radius 3 is 2.56 bits per heavy atom. The van der Waals surface area contributed by atoms with Crippen LogP contribution in [0, 0.1) is 0 Å². The van der Waals surface area contributed by atoms with Gasteiger partial charge in [-0.05, 0) is 12.8 Å². The van der Waals surface area contributed by atoms with Crippen LogP contribution in [0.25, 0.3) is 0 Å². The monoisotopic (exact) mass is 230 g/mol. The number of nitrogens with two attached hydrogens (primary N) is 1. The Bertz CT molecular complexity index is 262. The Kier molecular flexibility index (Phi) is 4.70. The number of aliphatic carboxylic acids is 1. The maximum absolute atomic E-state index is 11.7. The van der Waals surface area contributed by atoms with Gasteiger partial charge in [0.15, 0.2) is 0 Å². The molecule has 6 nitrogen and oxygen atoms in total. The molecule has 0 aromatic carbocycles. The van der Waals surface area contributed by atoms with Gasteiger partial charge in [0.25, 0.3) is 0 Å². The van der Waals surface area contributed by atoms with Gasteiger partial charge in [-0.2, -0.15) is 0 Å². The lowest BCUT2D eigenvalue weighted by Gasteiger charge is -2.22. The molecule has 0 bridgehead atoms. The number of hydrogen-bond donors (Lipinski definition) is 3. The average Bonchev–Trinajstić information content (AvgIpc) is 2.65. The normalized spacial score (nSPS) is 18.3. The Hall–Kier alpha value is -1.14. The molecule has 1 rings (SSSR count). The number of hydrogen-bond acceptors (Lipinski definition) is 4. The zero-order chi connectivity index (χ0) is 12.0. The van der Waals surface area contributed by atoms with Gasteiger partial charge >= 0.3 is 5.97 Å². The first-order valence-electron chi connectivity index (χ1n) is 5.41.